The minimum atomic E-state index is -3.91. The van der Waals surface area contributed by atoms with Gasteiger partial charge in [-0.05, 0) is 52.9 Å². The maximum atomic E-state index is 12.6. The highest BCUT2D eigenvalue weighted by molar-refractivity contribution is 7.90. The number of amides is 1. The van der Waals surface area contributed by atoms with Crippen LogP contribution in [0.5, 0.6) is 0 Å². The molecule has 0 bridgehead atoms. The summed E-state index contributed by atoms with van der Waals surface area (Å²) < 4.78 is 27.3. The van der Waals surface area contributed by atoms with Crippen molar-refractivity contribution >= 4 is 38.3 Å². The normalized spacial score (nSPS) is 18.2. The van der Waals surface area contributed by atoms with Gasteiger partial charge in [0.15, 0.2) is 0 Å². The van der Waals surface area contributed by atoms with E-state index >= 15 is 0 Å². The smallest absolute Gasteiger partial charge is 0.285 e. The number of nitrogens with zero attached hydrogens (tertiary/aromatic N) is 1. The van der Waals surface area contributed by atoms with E-state index in [-0.39, 0.29) is 22.6 Å². The molecule has 3 aromatic rings. The van der Waals surface area contributed by atoms with Gasteiger partial charge >= 0.3 is 0 Å². The Morgan fingerprint density at radius 3 is 2.34 bits per heavy atom. The summed E-state index contributed by atoms with van der Waals surface area (Å²) in [6, 6.07) is 20.1. The van der Waals surface area contributed by atoms with Crippen LogP contribution in [-0.2, 0) is 14.8 Å². The molecular weight excluding hydrogens is 388 g/mol. The minimum Gasteiger partial charge on any atom is -0.369 e. The molecule has 7 nitrogen and oxygen atoms in total. The zero-order chi connectivity index (χ0) is 20.6. The predicted octanol–water partition coefficient (Wildman–Crippen LogP) is 2.54. The van der Waals surface area contributed by atoms with Crippen LogP contribution in [-0.4, -0.2) is 20.3 Å². The van der Waals surface area contributed by atoms with Gasteiger partial charge in [-0.1, -0.05) is 42.5 Å². The average Bonchev–Trinajstić information content (AvgIpc) is 3.48. The van der Waals surface area contributed by atoms with Gasteiger partial charge in [0.05, 0.1) is 4.90 Å². The first-order valence-electron chi connectivity index (χ1n) is 9.09. The molecule has 0 saturated heterocycles. The Morgan fingerprint density at radius 1 is 0.966 bits per heavy atom. The highest BCUT2D eigenvalue weighted by atomic mass is 32.2. The Balaban J connectivity index is 1.43. The van der Waals surface area contributed by atoms with Crippen molar-refractivity contribution in [3.05, 3.63) is 72.3 Å². The molecule has 1 unspecified atom stereocenters. The van der Waals surface area contributed by atoms with Crippen LogP contribution >= 0.6 is 0 Å². The monoisotopic (exact) mass is 408 g/mol. The van der Waals surface area contributed by atoms with Crippen molar-refractivity contribution in [3.63, 3.8) is 0 Å². The molecule has 5 N–H and O–H groups in total. The first kappa shape index (κ1) is 18.9. The van der Waals surface area contributed by atoms with Crippen LogP contribution in [0.3, 0.4) is 0 Å². The lowest BCUT2D eigenvalue weighted by Gasteiger charge is -2.07. The van der Waals surface area contributed by atoms with Crippen molar-refractivity contribution in [2.75, 3.05) is 5.32 Å². The molecule has 0 aromatic heterocycles. The van der Waals surface area contributed by atoms with E-state index in [1.807, 2.05) is 42.5 Å². The second-order valence-corrected chi connectivity index (χ2v) is 8.66. The summed E-state index contributed by atoms with van der Waals surface area (Å²) in [6.45, 7) is 0. The zero-order valence-electron chi connectivity index (χ0n) is 15.4. The van der Waals surface area contributed by atoms with Gasteiger partial charge in [-0.3, -0.25) is 4.79 Å². The minimum absolute atomic E-state index is 0.00691. The van der Waals surface area contributed by atoms with Crippen molar-refractivity contribution in [3.8, 4) is 0 Å². The van der Waals surface area contributed by atoms with Crippen LogP contribution in [0.25, 0.3) is 10.8 Å². The number of benzene rings is 3. The van der Waals surface area contributed by atoms with Gasteiger partial charge in [-0.15, -0.1) is 4.40 Å². The van der Waals surface area contributed by atoms with E-state index in [0.717, 1.165) is 28.4 Å². The molecule has 1 amide bonds. The third-order valence-electron chi connectivity index (χ3n) is 4.98. The number of anilines is 1. The van der Waals surface area contributed by atoms with E-state index in [0.29, 0.717) is 0 Å². The van der Waals surface area contributed by atoms with Crippen molar-refractivity contribution in [1.29, 1.82) is 0 Å². The topological polar surface area (TPSA) is 128 Å². The van der Waals surface area contributed by atoms with Crippen molar-refractivity contribution in [1.82, 2.24) is 0 Å². The Labute approximate surface area is 168 Å². The van der Waals surface area contributed by atoms with Gasteiger partial charge in [-0.2, -0.15) is 8.42 Å². The summed E-state index contributed by atoms with van der Waals surface area (Å²) in [5, 5.41) is 5.15. The second-order valence-electron chi connectivity index (χ2n) is 7.06. The molecule has 1 saturated carbocycles. The summed E-state index contributed by atoms with van der Waals surface area (Å²) in [7, 11) is -3.91. The van der Waals surface area contributed by atoms with Crippen LogP contribution in [0.1, 0.15) is 17.9 Å². The molecule has 4 rings (SSSR count). The first-order chi connectivity index (χ1) is 13.8. The number of carbonyl (C=O) groups is 1. The highest BCUT2D eigenvalue weighted by Gasteiger charge is 2.44. The number of fused-ring (bicyclic) bond motifs is 1. The SMILES string of the molecule is NC(N)=NS(=O)(=O)c1ccc(C2C[C@H]2C(=O)Nc2ccc3ccccc3c2)cc1. The lowest BCUT2D eigenvalue weighted by Crippen LogP contribution is -2.24. The molecular formula is C21H20N4O3S. The number of nitrogens with two attached hydrogens (primary N) is 2. The molecule has 1 aliphatic carbocycles. The number of carbonyl (C=O) groups excluding carboxylic acids is 1. The van der Waals surface area contributed by atoms with Crippen LogP contribution in [0.2, 0.25) is 0 Å². The molecule has 2 atom stereocenters. The lowest BCUT2D eigenvalue weighted by molar-refractivity contribution is -0.117. The van der Waals surface area contributed by atoms with Gasteiger partial charge in [0.1, 0.15) is 0 Å². The summed E-state index contributed by atoms with van der Waals surface area (Å²) in [5.41, 5.74) is 12.0. The molecule has 3 aromatic carbocycles. The standard InChI is InChI=1S/C21H20N4O3S/c22-21(23)25-29(27,28)17-9-6-14(7-10-17)18-12-19(18)20(26)24-16-8-5-13-3-1-2-4-15(13)11-16/h1-11,18-19H,12H2,(H,24,26)(H4,22,23,25)/t18?,19-/m1/s1. The molecule has 148 valence electrons. The van der Waals surface area contributed by atoms with E-state index < -0.39 is 16.0 Å². The average molecular weight is 408 g/mol. The Kier molecular flexibility index (Phi) is 4.71. The fourth-order valence-corrected chi connectivity index (χ4v) is 4.30. The third kappa shape index (κ3) is 4.07. The summed E-state index contributed by atoms with van der Waals surface area (Å²) in [5.74, 6) is -0.624. The molecule has 0 heterocycles. The van der Waals surface area contributed by atoms with Gasteiger partial charge in [0.25, 0.3) is 10.0 Å². The molecule has 0 radical (unpaired) electrons. The van der Waals surface area contributed by atoms with Gasteiger partial charge < -0.3 is 16.8 Å². The maximum Gasteiger partial charge on any atom is 0.285 e. The van der Waals surface area contributed by atoms with Crippen molar-refractivity contribution in [2.24, 2.45) is 21.8 Å². The summed E-state index contributed by atoms with van der Waals surface area (Å²) in [4.78, 5) is 12.6. The number of nitrogens with one attached hydrogen (secondary N) is 1. The quantitative estimate of drug-likeness (QED) is 0.441. The maximum absolute atomic E-state index is 12.6. The molecule has 1 fully saturated rings. The van der Waals surface area contributed by atoms with Crippen molar-refractivity contribution < 1.29 is 13.2 Å². The summed E-state index contributed by atoms with van der Waals surface area (Å²) in [6.07, 6.45) is 0.722. The van der Waals surface area contributed by atoms with E-state index in [9.17, 15) is 13.2 Å². The van der Waals surface area contributed by atoms with Gasteiger partial charge in [0.2, 0.25) is 11.9 Å². The fraction of sp³-hybridized carbons (Fsp3) is 0.143. The largest absolute Gasteiger partial charge is 0.369 e. The van der Waals surface area contributed by atoms with E-state index in [1.165, 1.54) is 12.1 Å². The molecule has 0 spiro atoms. The highest BCUT2D eigenvalue weighted by Crippen LogP contribution is 2.48. The summed E-state index contributed by atoms with van der Waals surface area (Å²) >= 11 is 0. The molecule has 1 aliphatic rings. The predicted molar refractivity (Wildman–Crippen MR) is 113 cm³/mol. The third-order valence-corrected chi connectivity index (χ3v) is 6.29. The molecule has 0 aliphatic heterocycles. The van der Waals surface area contributed by atoms with Crippen molar-refractivity contribution in [2.45, 2.75) is 17.2 Å². The van der Waals surface area contributed by atoms with E-state index in [4.69, 9.17) is 11.5 Å². The number of guanidine groups is 1. The fourth-order valence-electron chi connectivity index (χ4n) is 3.43. The molecule has 29 heavy (non-hydrogen) atoms. The number of hydrogen-bond donors (Lipinski definition) is 3. The first-order valence-corrected chi connectivity index (χ1v) is 10.5. The van der Waals surface area contributed by atoms with Crippen LogP contribution in [0, 0.1) is 5.92 Å². The van der Waals surface area contributed by atoms with Crippen LogP contribution < -0.4 is 16.8 Å². The number of rotatable bonds is 5. The number of sulfonamides is 1. The molecule has 8 heteroatoms. The van der Waals surface area contributed by atoms with E-state index in [2.05, 4.69) is 9.71 Å². The van der Waals surface area contributed by atoms with Gasteiger partial charge in [-0.25, -0.2) is 0 Å². The Bertz CT molecular complexity index is 1220. The Morgan fingerprint density at radius 2 is 1.66 bits per heavy atom. The number of hydrogen-bond acceptors (Lipinski definition) is 3. The lowest BCUT2D eigenvalue weighted by atomic mass is 10.1. The Hall–Kier alpha value is -3.39. The second kappa shape index (κ2) is 7.21. The van der Waals surface area contributed by atoms with Crippen LogP contribution in [0.4, 0.5) is 5.69 Å². The van der Waals surface area contributed by atoms with Crippen LogP contribution in [0.15, 0.2) is 76.0 Å². The zero-order valence-corrected chi connectivity index (χ0v) is 16.3. The van der Waals surface area contributed by atoms with E-state index in [1.54, 1.807) is 12.1 Å². The van der Waals surface area contributed by atoms with Gasteiger partial charge in [0, 0.05) is 11.6 Å².